The summed E-state index contributed by atoms with van der Waals surface area (Å²) in [6, 6.07) is 17.0. The molecule has 0 aliphatic heterocycles. The summed E-state index contributed by atoms with van der Waals surface area (Å²) >= 11 is 3.32. The quantitative estimate of drug-likeness (QED) is 0.785. The van der Waals surface area contributed by atoms with Crippen LogP contribution in [0, 0.1) is 0 Å². The molecular formula is C16H13BrO2. The molecule has 0 aliphatic carbocycles. The van der Waals surface area contributed by atoms with Gasteiger partial charge < -0.3 is 4.74 Å². The van der Waals surface area contributed by atoms with Gasteiger partial charge in [0.05, 0.1) is 5.56 Å². The van der Waals surface area contributed by atoms with E-state index in [1.165, 1.54) is 0 Å². The van der Waals surface area contributed by atoms with E-state index in [1.807, 2.05) is 48.6 Å². The minimum atomic E-state index is -0.320. The Balaban J connectivity index is 1.86. The average molecular weight is 317 g/mol. The molecule has 0 saturated heterocycles. The summed E-state index contributed by atoms with van der Waals surface area (Å²) in [5, 5.41) is 0. The summed E-state index contributed by atoms with van der Waals surface area (Å²) in [6.45, 7) is 0.264. The molecule has 0 aliphatic rings. The van der Waals surface area contributed by atoms with Crippen molar-refractivity contribution >= 4 is 28.0 Å². The van der Waals surface area contributed by atoms with Crippen LogP contribution in [0.25, 0.3) is 6.08 Å². The highest BCUT2D eigenvalue weighted by Crippen LogP contribution is 2.12. The normalized spacial score (nSPS) is 10.6. The van der Waals surface area contributed by atoms with E-state index in [2.05, 4.69) is 15.9 Å². The van der Waals surface area contributed by atoms with Crippen molar-refractivity contribution < 1.29 is 9.53 Å². The first-order chi connectivity index (χ1) is 9.25. The van der Waals surface area contributed by atoms with Gasteiger partial charge in [-0.2, -0.15) is 0 Å². The number of carbonyl (C=O) groups excluding carboxylic acids is 1. The Morgan fingerprint density at radius 2 is 1.89 bits per heavy atom. The summed E-state index contributed by atoms with van der Waals surface area (Å²) in [4.78, 5) is 11.7. The van der Waals surface area contributed by atoms with E-state index >= 15 is 0 Å². The molecule has 3 heteroatoms. The molecule has 0 unspecified atom stereocenters. The number of rotatable bonds is 4. The molecule has 0 spiro atoms. The van der Waals surface area contributed by atoms with E-state index in [9.17, 15) is 4.79 Å². The third-order valence-corrected chi connectivity index (χ3v) is 2.97. The summed E-state index contributed by atoms with van der Waals surface area (Å²) in [7, 11) is 0. The lowest BCUT2D eigenvalue weighted by Crippen LogP contribution is -2.04. The van der Waals surface area contributed by atoms with Crippen LogP contribution < -0.4 is 0 Å². The van der Waals surface area contributed by atoms with E-state index in [4.69, 9.17) is 4.74 Å². The van der Waals surface area contributed by atoms with Crippen molar-refractivity contribution in [3.8, 4) is 0 Å². The number of esters is 1. The Morgan fingerprint density at radius 1 is 1.11 bits per heavy atom. The van der Waals surface area contributed by atoms with Gasteiger partial charge in [-0.1, -0.05) is 58.4 Å². The molecule has 0 saturated carbocycles. The summed E-state index contributed by atoms with van der Waals surface area (Å²) in [5.41, 5.74) is 1.63. The van der Waals surface area contributed by atoms with Crippen LogP contribution in [0.3, 0.4) is 0 Å². The van der Waals surface area contributed by atoms with Crippen LogP contribution in [0.15, 0.2) is 65.1 Å². The highest BCUT2D eigenvalue weighted by atomic mass is 79.9. The number of benzene rings is 2. The molecule has 0 atom stereocenters. The van der Waals surface area contributed by atoms with E-state index in [-0.39, 0.29) is 12.6 Å². The molecule has 2 rings (SSSR count). The van der Waals surface area contributed by atoms with E-state index in [1.54, 1.807) is 18.2 Å². The number of hydrogen-bond acceptors (Lipinski definition) is 2. The first-order valence-corrected chi connectivity index (χ1v) is 6.69. The Morgan fingerprint density at radius 3 is 2.63 bits per heavy atom. The van der Waals surface area contributed by atoms with E-state index in [0.29, 0.717) is 5.56 Å². The molecule has 0 N–H and O–H groups in total. The van der Waals surface area contributed by atoms with Crippen molar-refractivity contribution in [1.82, 2.24) is 0 Å². The molecule has 0 heterocycles. The van der Waals surface area contributed by atoms with Crippen molar-refractivity contribution in [3.63, 3.8) is 0 Å². The fraction of sp³-hybridized carbons (Fsp3) is 0.0625. The van der Waals surface area contributed by atoms with Crippen LogP contribution in [0.1, 0.15) is 15.9 Å². The fourth-order valence-electron chi connectivity index (χ4n) is 1.57. The van der Waals surface area contributed by atoms with Crippen molar-refractivity contribution in [3.05, 3.63) is 76.3 Å². The Labute approximate surface area is 120 Å². The highest BCUT2D eigenvalue weighted by molar-refractivity contribution is 9.10. The van der Waals surface area contributed by atoms with Gasteiger partial charge in [0.2, 0.25) is 0 Å². The number of hydrogen-bond donors (Lipinski definition) is 0. The third kappa shape index (κ3) is 4.38. The zero-order chi connectivity index (χ0) is 13.5. The molecule has 0 fully saturated rings. The van der Waals surface area contributed by atoms with Crippen LogP contribution in [-0.2, 0) is 4.74 Å². The van der Waals surface area contributed by atoms with Crippen LogP contribution in [-0.4, -0.2) is 12.6 Å². The lowest BCUT2D eigenvalue weighted by Gasteiger charge is -2.02. The summed E-state index contributed by atoms with van der Waals surface area (Å²) < 4.78 is 6.02. The van der Waals surface area contributed by atoms with Crippen LogP contribution in [0.5, 0.6) is 0 Å². The van der Waals surface area contributed by atoms with E-state index in [0.717, 1.165) is 10.0 Å². The molecule has 96 valence electrons. The Hall–Kier alpha value is -1.87. The molecule has 2 aromatic carbocycles. The molecule has 2 aromatic rings. The van der Waals surface area contributed by atoms with E-state index < -0.39 is 0 Å². The molecule has 0 radical (unpaired) electrons. The monoisotopic (exact) mass is 316 g/mol. The first-order valence-electron chi connectivity index (χ1n) is 5.90. The van der Waals surface area contributed by atoms with Gasteiger partial charge in [-0.3, -0.25) is 0 Å². The summed E-state index contributed by atoms with van der Waals surface area (Å²) in [6.07, 6.45) is 3.75. The Bertz CT molecular complexity index is 576. The second-order valence-electron chi connectivity index (χ2n) is 3.92. The van der Waals surface area contributed by atoms with Crippen molar-refractivity contribution in [2.75, 3.05) is 6.61 Å². The second-order valence-corrected chi connectivity index (χ2v) is 4.84. The number of ether oxygens (including phenoxy) is 1. The maximum absolute atomic E-state index is 11.7. The molecule has 19 heavy (non-hydrogen) atoms. The van der Waals surface area contributed by atoms with Crippen molar-refractivity contribution in [1.29, 1.82) is 0 Å². The maximum Gasteiger partial charge on any atom is 0.338 e. The topological polar surface area (TPSA) is 26.3 Å². The standard InChI is InChI=1S/C16H13BrO2/c17-15-10-4-9-14(12-15)16(18)19-11-5-8-13-6-2-1-3-7-13/h1-10,12H,11H2/b8-5-. The van der Waals surface area contributed by atoms with Crippen LogP contribution in [0.4, 0.5) is 0 Å². The minimum absolute atomic E-state index is 0.264. The van der Waals surface area contributed by atoms with Crippen LogP contribution in [0.2, 0.25) is 0 Å². The molecular weight excluding hydrogens is 304 g/mol. The molecule has 0 aromatic heterocycles. The predicted octanol–water partition coefficient (Wildman–Crippen LogP) is 4.32. The van der Waals surface area contributed by atoms with Gasteiger partial charge in [-0.25, -0.2) is 4.79 Å². The first kappa shape index (κ1) is 13.6. The van der Waals surface area contributed by atoms with Gasteiger partial charge >= 0.3 is 5.97 Å². The second kappa shape index (κ2) is 6.90. The van der Waals surface area contributed by atoms with Crippen molar-refractivity contribution in [2.24, 2.45) is 0 Å². The highest BCUT2D eigenvalue weighted by Gasteiger charge is 2.05. The Kier molecular flexibility index (Phi) is 4.93. The fourth-order valence-corrected chi connectivity index (χ4v) is 1.97. The number of halogens is 1. The zero-order valence-corrected chi connectivity index (χ0v) is 11.8. The zero-order valence-electron chi connectivity index (χ0n) is 10.3. The smallest absolute Gasteiger partial charge is 0.338 e. The average Bonchev–Trinajstić information content (AvgIpc) is 2.44. The summed E-state index contributed by atoms with van der Waals surface area (Å²) in [5.74, 6) is -0.320. The van der Waals surface area contributed by atoms with Gasteiger partial charge in [-0.05, 0) is 29.8 Å². The SMILES string of the molecule is O=C(OC/C=C\c1ccccc1)c1cccc(Br)c1. The van der Waals surface area contributed by atoms with Gasteiger partial charge in [0.15, 0.2) is 0 Å². The third-order valence-electron chi connectivity index (χ3n) is 2.48. The number of carbonyl (C=O) groups is 1. The lowest BCUT2D eigenvalue weighted by atomic mass is 10.2. The molecule has 0 bridgehead atoms. The lowest BCUT2D eigenvalue weighted by molar-refractivity contribution is 0.0550. The van der Waals surface area contributed by atoms with Crippen molar-refractivity contribution in [2.45, 2.75) is 0 Å². The van der Waals surface area contributed by atoms with Gasteiger partial charge in [0.25, 0.3) is 0 Å². The molecule has 2 nitrogen and oxygen atoms in total. The van der Waals surface area contributed by atoms with Gasteiger partial charge in [0.1, 0.15) is 6.61 Å². The predicted molar refractivity (Wildman–Crippen MR) is 79.9 cm³/mol. The largest absolute Gasteiger partial charge is 0.458 e. The van der Waals surface area contributed by atoms with Gasteiger partial charge in [-0.15, -0.1) is 0 Å². The molecule has 0 amide bonds. The minimum Gasteiger partial charge on any atom is -0.458 e. The van der Waals surface area contributed by atoms with Crippen LogP contribution >= 0.6 is 15.9 Å². The maximum atomic E-state index is 11.7. The van der Waals surface area contributed by atoms with Gasteiger partial charge in [0, 0.05) is 4.47 Å².